The van der Waals surface area contributed by atoms with Crippen LogP contribution in [0.25, 0.3) is 0 Å². The molecule has 3 aromatic rings. The van der Waals surface area contributed by atoms with Crippen LogP contribution in [0.2, 0.25) is 0 Å². The first-order valence-electron chi connectivity index (χ1n) is 8.35. The molecule has 0 unspecified atom stereocenters. The summed E-state index contributed by atoms with van der Waals surface area (Å²) in [5, 5.41) is 12.3. The van der Waals surface area contributed by atoms with E-state index in [1.54, 1.807) is 24.3 Å². The van der Waals surface area contributed by atoms with Crippen molar-refractivity contribution in [2.75, 3.05) is 16.8 Å². The number of nitrogens with zero attached hydrogens (tertiary/aromatic N) is 3. The van der Waals surface area contributed by atoms with Crippen LogP contribution in [0.5, 0.6) is 0 Å². The van der Waals surface area contributed by atoms with Crippen molar-refractivity contribution < 1.29 is 9.90 Å². The van der Waals surface area contributed by atoms with E-state index >= 15 is 0 Å². The molecule has 1 aromatic heterocycles. The summed E-state index contributed by atoms with van der Waals surface area (Å²) < 4.78 is 0. The molecule has 6 nitrogen and oxygen atoms in total. The Morgan fingerprint density at radius 1 is 1.08 bits per heavy atom. The first-order valence-corrected chi connectivity index (χ1v) is 8.35. The van der Waals surface area contributed by atoms with Crippen LogP contribution in [0, 0.1) is 6.92 Å². The lowest BCUT2D eigenvalue weighted by molar-refractivity contribution is 0.0697. The van der Waals surface area contributed by atoms with Gasteiger partial charge >= 0.3 is 5.97 Å². The highest BCUT2D eigenvalue weighted by molar-refractivity contribution is 5.89. The average molecular weight is 348 g/mol. The van der Waals surface area contributed by atoms with Gasteiger partial charge in [-0.2, -0.15) is 4.98 Å². The predicted molar refractivity (Wildman–Crippen MR) is 103 cm³/mol. The van der Waals surface area contributed by atoms with E-state index in [0.717, 1.165) is 17.9 Å². The summed E-state index contributed by atoms with van der Waals surface area (Å²) in [6.45, 7) is 4.67. The number of hydrogen-bond acceptors (Lipinski definition) is 5. The SMILES string of the molecule is CCN(c1ccccc1)c1nc(C)cc(Nc2cccc(C(=O)O)c2)n1. The Hall–Kier alpha value is -3.41. The quantitative estimate of drug-likeness (QED) is 0.688. The minimum Gasteiger partial charge on any atom is -0.478 e. The average Bonchev–Trinajstić information content (AvgIpc) is 2.63. The molecule has 0 fully saturated rings. The molecule has 0 saturated heterocycles. The van der Waals surface area contributed by atoms with Gasteiger partial charge in [-0.05, 0) is 44.2 Å². The highest BCUT2D eigenvalue weighted by atomic mass is 16.4. The number of aryl methyl sites for hydroxylation is 1. The minimum atomic E-state index is -0.963. The molecule has 0 bridgehead atoms. The summed E-state index contributed by atoms with van der Waals surface area (Å²) in [5.41, 5.74) is 2.72. The van der Waals surface area contributed by atoms with E-state index in [4.69, 9.17) is 5.11 Å². The Kier molecular flexibility index (Phi) is 5.12. The fraction of sp³-hybridized carbons (Fsp3) is 0.150. The maximum atomic E-state index is 11.1. The third-order valence-corrected chi connectivity index (χ3v) is 3.85. The van der Waals surface area contributed by atoms with Crippen LogP contribution in [0.4, 0.5) is 23.1 Å². The summed E-state index contributed by atoms with van der Waals surface area (Å²) in [5.74, 6) is 0.245. The van der Waals surface area contributed by atoms with E-state index in [2.05, 4.69) is 15.3 Å². The van der Waals surface area contributed by atoms with Crippen LogP contribution in [0.15, 0.2) is 60.7 Å². The Balaban J connectivity index is 1.92. The molecule has 1 heterocycles. The number of carboxylic acids is 1. The third-order valence-electron chi connectivity index (χ3n) is 3.85. The number of benzene rings is 2. The highest BCUT2D eigenvalue weighted by Gasteiger charge is 2.12. The molecule has 0 aliphatic rings. The molecule has 0 spiro atoms. The number of para-hydroxylation sites is 1. The Morgan fingerprint density at radius 3 is 2.54 bits per heavy atom. The lowest BCUT2D eigenvalue weighted by Crippen LogP contribution is -2.19. The molecule has 2 aromatic carbocycles. The number of rotatable bonds is 6. The minimum absolute atomic E-state index is 0.223. The lowest BCUT2D eigenvalue weighted by atomic mass is 10.2. The van der Waals surface area contributed by atoms with Crippen molar-refractivity contribution in [2.24, 2.45) is 0 Å². The fourth-order valence-corrected chi connectivity index (χ4v) is 2.66. The zero-order valence-electron chi connectivity index (χ0n) is 14.7. The van der Waals surface area contributed by atoms with Crippen molar-refractivity contribution in [3.05, 3.63) is 71.9 Å². The van der Waals surface area contributed by atoms with Crippen LogP contribution in [0.3, 0.4) is 0 Å². The van der Waals surface area contributed by atoms with Gasteiger partial charge < -0.3 is 15.3 Å². The predicted octanol–water partition coefficient (Wildman–Crippen LogP) is 4.38. The van der Waals surface area contributed by atoms with E-state index in [9.17, 15) is 4.79 Å². The number of anilines is 4. The molecule has 0 saturated carbocycles. The third kappa shape index (κ3) is 3.97. The van der Waals surface area contributed by atoms with E-state index in [1.165, 1.54) is 0 Å². The second-order valence-corrected chi connectivity index (χ2v) is 5.79. The van der Waals surface area contributed by atoms with Gasteiger partial charge in [0.2, 0.25) is 5.95 Å². The lowest BCUT2D eigenvalue weighted by Gasteiger charge is -2.22. The molecule has 0 radical (unpaired) electrons. The molecule has 26 heavy (non-hydrogen) atoms. The summed E-state index contributed by atoms with van der Waals surface area (Å²) >= 11 is 0. The molecule has 6 heteroatoms. The van der Waals surface area contributed by atoms with E-state index in [0.29, 0.717) is 17.5 Å². The Morgan fingerprint density at radius 2 is 1.85 bits per heavy atom. The van der Waals surface area contributed by atoms with Crippen molar-refractivity contribution in [1.82, 2.24) is 9.97 Å². The summed E-state index contributed by atoms with van der Waals surface area (Å²) in [7, 11) is 0. The molecule has 132 valence electrons. The van der Waals surface area contributed by atoms with Crippen molar-refractivity contribution in [2.45, 2.75) is 13.8 Å². The molecule has 0 aliphatic heterocycles. The maximum Gasteiger partial charge on any atom is 0.335 e. The zero-order chi connectivity index (χ0) is 18.5. The van der Waals surface area contributed by atoms with E-state index < -0.39 is 5.97 Å². The monoisotopic (exact) mass is 348 g/mol. The smallest absolute Gasteiger partial charge is 0.335 e. The first kappa shape index (κ1) is 17.4. The van der Waals surface area contributed by atoms with Crippen molar-refractivity contribution in [3.8, 4) is 0 Å². The normalized spacial score (nSPS) is 10.4. The van der Waals surface area contributed by atoms with Crippen LogP contribution >= 0.6 is 0 Å². The summed E-state index contributed by atoms with van der Waals surface area (Å²) in [6, 6.07) is 18.4. The fourth-order valence-electron chi connectivity index (χ4n) is 2.66. The van der Waals surface area contributed by atoms with E-state index in [-0.39, 0.29) is 5.56 Å². The van der Waals surface area contributed by atoms with Gasteiger partial charge in [-0.3, -0.25) is 0 Å². The number of hydrogen-bond donors (Lipinski definition) is 2. The van der Waals surface area contributed by atoms with Crippen molar-refractivity contribution >= 4 is 29.1 Å². The van der Waals surface area contributed by atoms with Gasteiger partial charge in [0.15, 0.2) is 0 Å². The number of carbonyl (C=O) groups is 1. The van der Waals surface area contributed by atoms with Crippen molar-refractivity contribution in [1.29, 1.82) is 0 Å². The van der Waals surface area contributed by atoms with Crippen molar-refractivity contribution in [3.63, 3.8) is 0 Å². The number of aromatic nitrogens is 2. The summed E-state index contributed by atoms with van der Waals surface area (Å²) in [4.78, 5) is 22.3. The standard InChI is InChI=1S/C20H20N4O2/c1-3-24(17-10-5-4-6-11-17)20-21-14(2)12-18(23-20)22-16-9-7-8-15(13-16)19(25)26/h4-13H,3H2,1-2H3,(H,25,26)(H,21,22,23). The molecule has 0 aliphatic carbocycles. The van der Waals surface area contributed by atoms with Crippen LogP contribution in [-0.2, 0) is 0 Å². The van der Waals surface area contributed by atoms with Gasteiger partial charge in [0.05, 0.1) is 5.56 Å². The van der Waals surface area contributed by atoms with Crippen LogP contribution in [-0.4, -0.2) is 27.6 Å². The zero-order valence-corrected chi connectivity index (χ0v) is 14.7. The second-order valence-electron chi connectivity index (χ2n) is 5.79. The first-order chi connectivity index (χ1) is 12.6. The molecule has 0 atom stereocenters. The maximum absolute atomic E-state index is 11.1. The number of aromatic carboxylic acids is 1. The Bertz CT molecular complexity index is 913. The Labute approximate surface area is 152 Å². The molecular formula is C20H20N4O2. The van der Waals surface area contributed by atoms with Gasteiger partial charge in [-0.15, -0.1) is 0 Å². The second kappa shape index (κ2) is 7.65. The topological polar surface area (TPSA) is 78.4 Å². The van der Waals surface area contributed by atoms with Gasteiger partial charge in [0.1, 0.15) is 5.82 Å². The summed E-state index contributed by atoms with van der Waals surface area (Å²) in [6.07, 6.45) is 0. The van der Waals surface area contributed by atoms with Crippen LogP contribution < -0.4 is 10.2 Å². The van der Waals surface area contributed by atoms with E-state index in [1.807, 2.05) is 55.1 Å². The molecule has 0 amide bonds. The van der Waals surface area contributed by atoms with Crippen LogP contribution in [0.1, 0.15) is 23.0 Å². The molecule has 3 rings (SSSR count). The molecule has 2 N–H and O–H groups in total. The molecular weight excluding hydrogens is 328 g/mol. The highest BCUT2D eigenvalue weighted by Crippen LogP contribution is 2.24. The van der Waals surface area contributed by atoms with Gasteiger partial charge in [-0.1, -0.05) is 24.3 Å². The largest absolute Gasteiger partial charge is 0.478 e. The van der Waals surface area contributed by atoms with Gasteiger partial charge in [0.25, 0.3) is 0 Å². The number of nitrogens with one attached hydrogen (secondary N) is 1. The number of carboxylic acid groups (broad SMARTS) is 1. The van der Waals surface area contributed by atoms with Gasteiger partial charge in [-0.25, -0.2) is 9.78 Å². The van der Waals surface area contributed by atoms with Gasteiger partial charge in [0, 0.05) is 29.7 Å².